The van der Waals surface area contributed by atoms with E-state index in [2.05, 4.69) is 157 Å². The van der Waals surface area contributed by atoms with Gasteiger partial charge in [0.15, 0.2) is 0 Å². The fraction of sp³-hybridized carbons (Fsp3) is 0.0417. The van der Waals surface area contributed by atoms with Crippen LogP contribution in [0.1, 0.15) is 18.4 Å². The number of rotatable bonds is 6. The van der Waals surface area contributed by atoms with Gasteiger partial charge in [-0.3, -0.25) is 0 Å². The minimum absolute atomic E-state index is 0.908. The van der Waals surface area contributed by atoms with Crippen LogP contribution in [0.2, 0.25) is 0 Å². The highest BCUT2D eigenvalue weighted by atomic mass is 16.3. The Morgan fingerprint density at radius 3 is 1.31 bits per heavy atom. The minimum atomic E-state index is 0.908. The molecule has 0 radical (unpaired) electrons. The van der Waals surface area contributed by atoms with Crippen molar-refractivity contribution >= 4 is 66.5 Å². The fourth-order valence-corrected chi connectivity index (χ4v) is 7.61. The van der Waals surface area contributed by atoms with Crippen LogP contribution in [-0.4, -0.2) is 0 Å². The molecule has 0 spiro atoms. The van der Waals surface area contributed by atoms with Gasteiger partial charge in [0, 0.05) is 49.7 Å². The lowest BCUT2D eigenvalue weighted by atomic mass is 9.99. The molecule has 1 aliphatic rings. The first-order chi connectivity index (χ1) is 25.3. The first kappa shape index (κ1) is 29.3. The van der Waals surface area contributed by atoms with Crippen molar-refractivity contribution in [3.8, 4) is 22.3 Å². The summed E-state index contributed by atoms with van der Waals surface area (Å²) in [6.07, 6.45) is 9.02. The van der Waals surface area contributed by atoms with Crippen LogP contribution < -0.4 is 4.90 Å². The Morgan fingerprint density at radius 2 is 0.843 bits per heavy atom. The summed E-state index contributed by atoms with van der Waals surface area (Å²) >= 11 is 0. The van der Waals surface area contributed by atoms with Crippen molar-refractivity contribution in [1.29, 1.82) is 0 Å². The summed E-state index contributed by atoms with van der Waals surface area (Å²) in [6.45, 7) is 0. The molecule has 0 atom stereocenters. The summed E-state index contributed by atoms with van der Waals surface area (Å²) in [5.74, 6) is 0. The highest BCUT2D eigenvalue weighted by molar-refractivity contribution is 6.10. The van der Waals surface area contributed by atoms with Gasteiger partial charge in [-0.25, -0.2) is 0 Å². The van der Waals surface area contributed by atoms with E-state index in [4.69, 9.17) is 8.83 Å². The summed E-state index contributed by atoms with van der Waals surface area (Å²) in [7, 11) is 0. The molecule has 2 aromatic heterocycles. The number of hydrogen-bond acceptors (Lipinski definition) is 3. The molecule has 0 unspecified atom stereocenters. The van der Waals surface area contributed by atoms with Gasteiger partial charge >= 0.3 is 0 Å². The molecule has 51 heavy (non-hydrogen) atoms. The van der Waals surface area contributed by atoms with E-state index in [-0.39, 0.29) is 0 Å². The smallest absolute Gasteiger partial charge is 0.143 e. The molecule has 0 N–H and O–H groups in total. The van der Waals surface area contributed by atoms with Gasteiger partial charge in [-0.15, -0.1) is 0 Å². The zero-order chi connectivity index (χ0) is 33.7. The average Bonchev–Trinajstić information content (AvgIpc) is 3.78. The summed E-state index contributed by atoms with van der Waals surface area (Å²) in [5.41, 5.74) is 13.8. The minimum Gasteiger partial charge on any atom is -0.455 e. The van der Waals surface area contributed by atoms with Crippen molar-refractivity contribution in [1.82, 2.24) is 0 Å². The molecule has 2 heterocycles. The predicted molar refractivity (Wildman–Crippen MR) is 213 cm³/mol. The lowest BCUT2D eigenvalue weighted by Gasteiger charge is -2.26. The highest BCUT2D eigenvalue weighted by Crippen LogP contribution is 2.41. The normalized spacial score (nSPS) is 13.0. The van der Waals surface area contributed by atoms with Gasteiger partial charge < -0.3 is 13.7 Å². The number of benzene rings is 7. The molecule has 7 aromatic carbocycles. The van der Waals surface area contributed by atoms with Gasteiger partial charge in [0.05, 0.1) is 0 Å². The second kappa shape index (κ2) is 12.1. The molecule has 0 bridgehead atoms. The van der Waals surface area contributed by atoms with E-state index in [0.29, 0.717) is 0 Å². The zero-order valence-corrected chi connectivity index (χ0v) is 27.9. The monoisotopic (exact) mass is 655 g/mol. The maximum absolute atomic E-state index is 6.38. The second-order valence-corrected chi connectivity index (χ2v) is 13.2. The van der Waals surface area contributed by atoms with Crippen LogP contribution in [0.15, 0.2) is 185 Å². The predicted octanol–water partition coefficient (Wildman–Crippen LogP) is 14.0. The molecule has 3 heteroatoms. The molecule has 0 aliphatic heterocycles. The van der Waals surface area contributed by atoms with Gasteiger partial charge in [0.2, 0.25) is 0 Å². The number of para-hydroxylation sites is 4. The van der Waals surface area contributed by atoms with Gasteiger partial charge in [-0.1, -0.05) is 127 Å². The van der Waals surface area contributed by atoms with E-state index in [1.807, 2.05) is 24.3 Å². The molecule has 3 nitrogen and oxygen atoms in total. The molecule has 0 amide bonds. The number of hydrogen-bond donors (Lipinski definition) is 0. The topological polar surface area (TPSA) is 29.5 Å². The van der Waals surface area contributed by atoms with Gasteiger partial charge in [-0.2, -0.15) is 0 Å². The van der Waals surface area contributed by atoms with Crippen LogP contribution in [0.3, 0.4) is 0 Å². The molecular weight excluding hydrogens is 623 g/mol. The van der Waals surface area contributed by atoms with E-state index in [0.717, 1.165) is 96.0 Å². The lowest BCUT2D eigenvalue weighted by Crippen LogP contribution is -2.10. The first-order valence-electron chi connectivity index (χ1n) is 17.6. The summed E-state index contributed by atoms with van der Waals surface area (Å²) in [4.78, 5) is 2.33. The molecule has 0 saturated heterocycles. The van der Waals surface area contributed by atoms with Crippen molar-refractivity contribution in [2.24, 2.45) is 0 Å². The third-order valence-corrected chi connectivity index (χ3v) is 10.1. The van der Waals surface area contributed by atoms with Crippen LogP contribution in [0.4, 0.5) is 17.1 Å². The number of allylic oxidation sites excluding steroid dienone is 4. The van der Waals surface area contributed by atoms with Crippen molar-refractivity contribution in [3.05, 3.63) is 182 Å². The van der Waals surface area contributed by atoms with Crippen molar-refractivity contribution in [2.75, 3.05) is 4.90 Å². The van der Waals surface area contributed by atoms with Crippen molar-refractivity contribution < 1.29 is 8.83 Å². The molecule has 0 fully saturated rings. The Bertz CT molecular complexity index is 2620. The van der Waals surface area contributed by atoms with E-state index in [1.165, 1.54) is 11.1 Å². The Labute approximate surface area is 296 Å². The van der Waals surface area contributed by atoms with Gasteiger partial charge in [0.1, 0.15) is 22.3 Å². The fourth-order valence-electron chi connectivity index (χ4n) is 7.61. The largest absolute Gasteiger partial charge is 0.455 e. The van der Waals surface area contributed by atoms with Crippen LogP contribution in [0, 0.1) is 0 Å². The van der Waals surface area contributed by atoms with E-state index < -0.39 is 0 Å². The maximum atomic E-state index is 6.38. The van der Waals surface area contributed by atoms with E-state index in [1.54, 1.807) is 0 Å². The summed E-state index contributed by atoms with van der Waals surface area (Å²) in [6, 6.07) is 55.9. The number of anilines is 3. The van der Waals surface area contributed by atoms with E-state index in [9.17, 15) is 0 Å². The van der Waals surface area contributed by atoms with Crippen LogP contribution >= 0.6 is 0 Å². The summed E-state index contributed by atoms with van der Waals surface area (Å²) in [5, 5.41) is 4.55. The first-order valence-corrected chi connectivity index (χ1v) is 17.6. The lowest BCUT2D eigenvalue weighted by molar-refractivity contribution is 0.669. The van der Waals surface area contributed by atoms with Crippen molar-refractivity contribution in [2.45, 2.75) is 12.8 Å². The van der Waals surface area contributed by atoms with E-state index >= 15 is 0 Å². The third kappa shape index (κ3) is 5.05. The van der Waals surface area contributed by atoms with Gasteiger partial charge in [0.25, 0.3) is 0 Å². The Balaban J connectivity index is 1.05. The molecule has 0 saturated carbocycles. The maximum Gasteiger partial charge on any atom is 0.143 e. The highest BCUT2D eigenvalue weighted by Gasteiger charge is 2.17. The van der Waals surface area contributed by atoms with Crippen LogP contribution in [-0.2, 0) is 0 Å². The number of furan rings is 2. The Morgan fingerprint density at radius 1 is 0.392 bits per heavy atom. The Hall–Kier alpha value is -6.58. The third-order valence-electron chi connectivity index (χ3n) is 10.1. The zero-order valence-electron chi connectivity index (χ0n) is 27.9. The number of fused-ring (bicyclic) bond motifs is 6. The summed E-state index contributed by atoms with van der Waals surface area (Å²) < 4.78 is 12.8. The SMILES string of the molecule is C1=CC(c2ccc(N(c3ccc(-c4cccc5c4oc4ccccc45)cc3)c3ccc(-c4cccc5c4oc4ccccc45)cc3)cc2)=CCC1. The second-order valence-electron chi connectivity index (χ2n) is 13.2. The van der Waals surface area contributed by atoms with Crippen LogP contribution in [0.25, 0.3) is 71.7 Å². The van der Waals surface area contributed by atoms with Gasteiger partial charge in [-0.05, 0) is 83.6 Å². The standard InChI is InChI=1S/C48H33NO2/c1-2-10-32(11-3-1)33-20-26-36(27-21-33)49(37-28-22-34(23-29-37)39-14-8-16-43-41-12-4-6-18-45(41)50-47(39)43)38-30-24-35(25-31-38)40-15-9-17-44-42-13-5-7-19-46(42)51-48(40)44/h2,4-31H,1,3H2. The molecule has 9 aromatic rings. The quantitative estimate of drug-likeness (QED) is 0.179. The van der Waals surface area contributed by atoms with Crippen LogP contribution in [0.5, 0.6) is 0 Å². The molecule has 10 rings (SSSR count). The molecule has 1 aliphatic carbocycles. The average molecular weight is 656 g/mol. The molecule has 242 valence electrons. The molecular formula is C48H33NO2. The number of nitrogens with zero attached hydrogens (tertiary/aromatic N) is 1. The van der Waals surface area contributed by atoms with Crippen molar-refractivity contribution in [3.63, 3.8) is 0 Å². The Kier molecular flexibility index (Phi) is 6.95.